The summed E-state index contributed by atoms with van der Waals surface area (Å²) < 4.78 is 39.2. The van der Waals surface area contributed by atoms with Crippen LogP contribution in [0.25, 0.3) is 0 Å². The number of anilines is 1. The van der Waals surface area contributed by atoms with Crippen molar-refractivity contribution >= 4 is 56.9 Å². The number of methoxy groups -OCH3 is 2. The highest BCUT2D eigenvalue weighted by Gasteiger charge is 2.38. The number of pyridine rings is 1. The van der Waals surface area contributed by atoms with E-state index in [9.17, 15) is 14.8 Å². The minimum absolute atomic E-state index is 0.0209. The molecule has 3 aliphatic heterocycles. The maximum absolute atomic E-state index is 15.2. The highest BCUT2D eigenvalue weighted by Crippen LogP contribution is 2.36. The molecule has 3 aromatic carbocycles. The van der Waals surface area contributed by atoms with Crippen LogP contribution in [0.15, 0.2) is 77.5 Å². The average molecular weight is 804 g/mol. The second-order valence-corrected chi connectivity index (χ2v) is 14.2. The predicted molar refractivity (Wildman–Crippen MR) is 193 cm³/mol. The summed E-state index contributed by atoms with van der Waals surface area (Å²) in [5.41, 5.74) is 1.67. The molecule has 3 fully saturated rings. The Balaban J connectivity index is 1.29. The number of fused-ring (bicyclic) bond motifs is 3. The number of hydrogen-bond donors (Lipinski definition) is 0. The zero-order valence-corrected chi connectivity index (χ0v) is 30.9. The van der Waals surface area contributed by atoms with Crippen LogP contribution in [0.1, 0.15) is 46.0 Å². The molecule has 51 heavy (non-hydrogen) atoms. The van der Waals surface area contributed by atoms with Gasteiger partial charge < -0.3 is 24.2 Å². The normalized spacial score (nSPS) is 18.5. The monoisotopic (exact) mass is 801 g/mol. The van der Waals surface area contributed by atoms with E-state index in [1.165, 1.54) is 43.6 Å². The van der Waals surface area contributed by atoms with Gasteiger partial charge in [0.25, 0.3) is 0 Å². The maximum atomic E-state index is 15.2. The van der Waals surface area contributed by atoms with Gasteiger partial charge in [-0.2, -0.15) is 4.73 Å². The van der Waals surface area contributed by atoms with Gasteiger partial charge in [0, 0.05) is 23.0 Å². The number of piperidine rings is 3. The van der Waals surface area contributed by atoms with Gasteiger partial charge in [-0.05, 0) is 85.4 Å². The number of rotatable bonds is 11. The Labute approximate surface area is 313 Å². The van der Waals surface area contributed by atoms with Crippen LogP contribution in [0.4, 0.5) is 14.9 Å². The van der Waals surface area contributed by atoms with E-state index in [4.69, 9.17) is 42.1 Å². The molecular formula is C37H35BrCl2FN3O7. The van der Waals surface area contributed by atoms with Crippen molar-refractivity contribution in [3.05, 3.63) is 121 Å². The molecular weight excluding hydrogens is 768 g/mol. The number of esters is 1. The summed E-state index contributed by atoms with van der Waals surface area (Å²) in [5, 5.41) is 12.1. The zero-order chi connectivity index (χ0) is 36.2. The molecule has 0 aliphatic carbocycles. The summed E-state index contributed by atoms with van der Waals surface area (Å²) in [4.78, 5) is 31.2. The third-order valence-electron chi connectivity index (χ3n) is 9.22. The van der Waals surface area contributed by atoms with Gasteiger partial charge in [-0.1, -0.05) is 57.3 Å². The minimum atomic E-state index is -0.941. The van der Waals surface area contributed by atoms with Crippen molar-refractivity contribution in [3.8, 4) is 11.5 Å². The molecule has 0 spiro atoms. The fourth-order valence-corrected chi connectivity index (χ4v) is 7.73. The molecule has 268 valence electrons. The number of benzene rings is 3. The fourth-order valence-electron chi connectivity index (χ4n) is 6.59. The van der Waals surface area contributed by atoms with Crippen LogP contribution in [0.2, 0.25) is 10.0 Å². The van der Waals surface area contributed by atoms with Crippen molar-refractivity contribution in [3.63, 3.8) is 0 Å². The molecule has 1 aromatic heterocycles. The molecule has 2 bridgehead atoms. The summed E-state index contributed by atoms with van der Waals surface area (Å²) in [5.74, 6) is -0.156. The average Bonchev–Trinajstić information content (AvgIpc) is 3.11. The number of hydrogen-bond acceptors (Lipinski definition) is 8. The third kappa shape index (κ3) is 8.52. The van der Waals surface area contributed by atoms with E-state index in [0.717, 1.165) is 25.9 Å². The molecule has 0 unspecified atom stereocenters. The quantitative estimate of drug-likeness (QED) is 0.0857. The Bertz CT molecular complexity index is 1900. The molecule has 3 saturated heterocycles. The Kier molecular flexibility index (Phi) is 11.6. The molecule has 10 nitrogen and oxygen atoms in total. The molecule has 4 aromatic rings. The Morgan fingerprint density at radius 1 is 1.02 bits per heavy atom. The molecule has 7 rings (SSSR count). The second-order valence-electron chi connectivity index (χ2n) is 12.5. The standard InChI is InChI=1S/C37H35BrCl2FN3O7/c1-48-32-8-7-24(16-34(32)49-2)33(17-27-28(39)19-43(47)20-29(27)40)50-36(45)25-13-22(14-26(38)15-25)18-44(31-6-4-3-5-30(31)41)37(46)51-35-21-42-11-9-23(35)10-12-42/h3-8,13-16,19-20,23,33,35H,9-12,17-18,21H2,1-2H3/t33-,35-/m0/s1. The van der Waals surface area contributed by atoms with Crippen LogP contribution in [-0.4, -0.2) is 56.9 Å². The van der Waals surface area contributed by atoms with Gasteiger partial charge in [0.15, 0.2) is 23.9 Å². The number of ether oxygens (including phenoxy) is 4. The van der Waals surface area contributed by atoms with Crippen LogP contribution >= 0.6 is 39.1 Å². The molecule has 0 saturated carbocycles. The molecule has 1 amide bonds. The van der Waals surface area contributed by atoms with Gasteiger partial charge >= 0.3 is 12.1 Å². The summed E-state index contributed by atoms with van der Waals surface area (Å²) in [7, 11) is 2.99. The van der Waals surface area contributed by atoms with Crippen LogP contribution in [0.3, 0.4) is 0 Å². The number of nitrogens with zero attached hydrogens (tertiary/aromatic N) is 3. The first-order valence-corrected chi connectivity index (χ1v) is 17.8. The number of aromatic nitrogens is 1. The number of para-hydroxylation sites is 1. The third-order valence-corrected chi connectivity index (χ3v) is 10.3. The summed E-state index contributed by atoms with van der Waals surface area (Å²) in [6.45, 7) is 2.51. The van der Waals surface area contributed by atoms with Crippen molar-refractivity contribution in [2.45, 2.75) is 38.0 Å². The Morgan fingerprint density at radius 2 is 1.73 bits per heavy atom. The number of carbonyl (C=O) groups excluding carboxylic acids is 2. The molecule has 4 heterocycles. The first kappa shape index (κ1) is 36.7. The van der Waals surface area contributed by atoms with Gasteiger partial charge in [-0.25, -0.2) is 14.0 Å². The highest BCUT2D eigenvalue weighted by molar-refractivity contribution is 9.10. The lowest BCUT2D eigenvalue weighted by Gasteiger charge is -2.44. The lowest BCUT2D eigenvalue weighted by molar-refractivity contribution is -0.605. The molecule has 0 radical (unpaired) electrons. The van der Waals surface area contributed by atoms with E-state index < -0.39 is 24.0 Å². The summed E-state index contributed by atoms with van der Waals surface area (Å²) in [6.07, 6.45) is 2.34. The van der Waals surface area contributed by atoms with E-state index in [2.05, 4.69) is 20.8 Å². The lowest BCUT2D eigenvalue weighted by atomic mass is 9.86. The van der Waals surface area contributed by atoms with E-state index in [1.807, 2.05) is 0 Å². The molecule has 0 N–H and O–H groups in total. The summed E-state index contributed by atoms with van der Waals surface area (Å²) >= 11 is 16.3. The zero-order valence-electron chi connectivity index (χ0n) is 27.8. The first-order valence-electron chi connectivity index (χ1n) is 16.3. The number of halogens is 4. The van der Waals surface area contributed by atoms with Crippen LogP contribution in [0.5, 0.6) is 11.5 Å². The van der Waals surface area contributed by atoms with Crippen LogP contribution < -0.4 is 19.1 Å². The topological polar surface area (TPSA) is 104 Å². The number of amides is 1. The Morgan fingerprint density at radius 3 is 2.37 bits per heavy atom. The summed E-state index contributed by atoms with van der Waals surface area (Å²) in [6, 6.07) is 16.0. The van der Waals surface area contributed by atoms with Crippen LogP contribution in [-0.2, 0) is 22.4 Å². The smallest absolute Gasteiger partial charge is 0.415 e. The lowest BCUT2D eigenvalue weighted by Crippen LogP contribution is -2.53. The molecule has 3 aliphatic rings. The second kappa shape index (κ2) is 16.1. The van der Waals surface area contributed by atoms with Crippen molar-refractivity contribution < 1.29 is 37.7 Å². The van der Waals surface area contributed by atoms with Crippen molar-refractivity contribution in [1.29, 1.82) is 0 Å². The van der Waals surface area contributed by atoms with Gasteiger partial charge in [-0.15, -0.1) is 0 Å². The largest absolute Gasteiger partial charge is 0.619 e. The van der Waals surface area contributed by atoms with Gasteiger partial charge in [0.05, 0.1) is 32.0 Å². The van der Waals surface area contributed by atoms with E-state index >= 15 is 4.39 Å². The highest BCUT2D eigenvalue weighted by atomic mass is 79.9. The minimum Gasteiger partial charge on any atom is -0.619 e. The van der Waals surface area contributed by atoms with E-state index in [0.29, 0.717) is 43.9 Å². The predicted octanol–water partition coefficient (Wildman–Crippen LogP) is 7.92. The Hall–Kier alpha value is -4.10. The van der Waals surface area contributed by atoms with Crippen molar-refractivity contribution in [2.24, 2.45) is 5.92 Å². The molecule has 2 atom stereocenters. The fraction of sp³-hybridized carbons (Fsp3) is 0.324. The maximum Gasteiger partial charge on any atom is 0.415 e. The molecule has 14 heteroatoms. The van der Waals surface area contributed by atoms with E-state index in [1.54, 1.807) is 48.5 Å². The first-order chi connectivity index (χ1) is 24.5. The number of carbonyl (C=O) groups is 2. The van der Waals surface area contributed by atoms with Gasteiger partial charge in [0.1, 0.15) is 28.1 Å². The van der Waals surface area contributed by atoms with Gasteiger partial charge in [-0.3, -0.25) is 9.80 Å². The van der Waals surface area contributed by atoms with Gasteiger partial charge in [0.2, 0.25) is 0 Å². The van der Waals surface area contributed by atoms with E-state index in [-0.39, 0.29) is 46.3 Å². The van der Waals surface area contributed by atoms with Crippen molar-refractivity contribution in [2.75, 3.05) is 38.8 Å². The van der Waals surface area contributed by atoms with Crippen LogP contribution in [0, 0.1) is 16.9 Å². The van der Waals surface area contributed by atoms with Crippen molar-refractivity contribution in [1.82, 2.24) is 4.90 Å². The SMILES string of the molecule is COc1ccc([C@H](Cc2c(Cl)c[n+]([O-])cc2Cl)OC(=O)c2cc(Br)cc(CN(C(=O)O[C@H]3CN4CCC3CC4)c3ccccc3F)c2)cc1OC.